The van der Waals surface area contributed by atoms with Crippen LogP contribution < -0.4 is 5.32 Å². The number of thiophene rings is 1. The van der Waals surface area contributed by atoms with E-state index >= 15 is 0 Å². The Hall–Kier alpha value is -2.59. The Balaban J connectivity index is 1.69. The van der Waals surface area contributed by atoms with Gasteiger partial charge in [0, 0.05) is 7.05 Å². The van der Waals surface area contributed by atoms with Crippen molar-refractivity contribution < 1.29 is 18.7 Å². The summed E-state index contributed by atoms with van der Waals surface area (Å²) in [6.45, 7) is 8.08. The third-order valence-corrected chi connectivity index (χ3v) is 6.46. The van der Waals surface area contributed by atoms with Gasteiger partial charge in [-0.1, -0.05) is 25.6 Å². The molecule has 0 aliphatic carbocycles. The van der Waals surface area contributed by atoms with E-state index in [2.05, 4.69) is 29.4 Å². The summed E-state index contributed by atoms with van der Waals surface area (Å²) in [5.41, 5.74) is 2.21. The molecule has 3 heterocycles. The highest BCUT2D eigenvalue weighted by Gasteiger charge is 2.23. The Morgan fingerprint density at radius 2 is 2.13 bits per heavy atom. The third-order valence-electron chi connectivity index (χ3n) is 4.49. The minimum absolute atomic E-state index is 0.135. The van der Waals surface area contributed by atoms with Crippen molar-refractivity contribution in [2.75, 3.05) is 17.7 Å². The lowest BCUT2D eigenvalue weighted by atomic mass is 10.0. The molecule has 3 rings (SSSR count). The SMILES string of the molecule is CCOC(=O)c1c(CC(C)C)csc1NC(=O)CSc1nnc(-c2ccoc2C)n1C. The maximum atomic E-state index is 12.6. The number of ether oxygens (including phenoxy) is 1. The Morgan fingerprint density at radius 1 is 1.35 bits per heavy atom. The normalized spacial score (nSPS) is 11.2. The van der Waals surface area contributed by atoms with Gasteiger partial charge in [-0.05, 0) is 43.2 Å². The van der Waals surface area contributed by atoms with Crippen molar-refractivity contribution in [2.45, 2.75) is 39.3 Å². The van der Waals surface area contributed by atoms with Gasteiger partial charge in [-0.3, -0.25) is 4.79 Å². The van der Waals surface area contributed by atoms with Gasteiger partial charge < -0.3 is 19.0 Å². The van der Waals surface area contributed by atoms with E-state index in [0.29, 0.717) is 27.5 Å². The second-order valence-electron chi connectivity index (χ2n) is 7.38. The Bertz CT molecular complexity index is 1070. The molecule has 1 amide bonds. The van der Waals surface area contributed by atoms with Crippen molar-refractivity contribution in [1.82, 2.24) is 14.8 Å². The van der Waals surface area contributed by atoms with Crippen LogP contribution in [-0.4, -0.2) is 39.0 Å². The summed E-state index contributed by atoms with van der Waals surface area (Å²) in [4.78, 5) is 25.1. The summed E-state index contributed by atoms with van der Waals surface area (Å²) in [6, 6.07) is 1.84. The summed E-state index contributed by atoms with van der Waals surface area (Å²) in [5.74, 6) is 1.32. The number of aryl methyl sites for hydroxylation is 1. The molecule has 0 radical (unpaired) electrons. The second-order valence-corrected chi connectivity index (χ2v) is 9.20. The Morgan fingerprint density at radius 3 is 2.77 bits per heavy atom. The summed E-state index contributed by atoms with van der Waals surface area (Å²) < 4.78 is 12.4. The van der Waals surface area contributed by atoms with Crippen LogP contribution in [-0.2, 0) is 23.0 Å². The number of aromatic nitrogens is 3. The van der Waals surface area contributed by atoms with E-state index in [-0.39, 0.29) is 18.3 Å². The number of amides is 1. The van der Waals surface area contributed by atoms with Crippen LogP contribution in [0.2, 0.25) is 0 Å². The smallest absolute Gasteiger partial charge is 0.341 e. The van der Waals surface area contributed by atoms with Crippen molar-refractivity contribution in [1.29, 1.82) is 0 Å². The summed E-state index contributed by atoms with van der Waals surface area (Å²) in [6.07, 6.45) is 2.35. The lowest BCUT2D eigenvalue weighted by molar-refractivity contribution is -0.113. The van der Waals surface area contributed by atoms with Gasteiger partial charge in [0.2, 0.25) is 5.91 Å². The number of carbonyl (C=O) groups excluding carboxylic acids is 2. The summed E-state index contributed by atoms with van der Waals surface area (Å²) in [7, 11) is 1.85. The minimum atomic E-state index is -0.407. The predicted octanol–water partition coefficient (Wildman–Crippen LogP) is 4.55. The van der Waals surface area contributed by atoms with Crippen LogP contribution in [0.1, 0.15) is 42.5 Å². The number of nitrogens with one attached hydrogen (secondary N) is 1. The fourth-order valence-corrected chi connectivity index (χ4v) is 4.78. The van der Waals surface area contributed by atoms with Crippen molar-refractivity contribution >= 4 is 40.0 Å². The number of thioether (sulfide) groups is 1. The van der Waals surface area contributed by atoms with Crippen LogP contribution in [0.15, 0.2) is 27.3 Å². The minimum Gasteiger partial charge on any atom is -0.469 e. The number of furan rings is 1. The fraction of sp³-hybridized carbons (Fsp3) is 0.429. The largest absolute Gasteiger partial charge is 0.469 e. The number of hydrogen-bond donors (Lipinski definition) is 1. The van der Waals surface area contributed by atoms with E-state index in [9.17, 15) is 9.59 Å². The molecule has 0 atom stereocenters. The highest BCUT2D eigenvalue weighted by molar-refractivity contribution is 7.99. The maximum absolute atomic E-state index is 12.6. The van der Waals surface area contributed by atoms with Gasteiger partial charge in [-0.25, -0.2) is 4.79 Å². The van der Waals surface area contributed by atoms with Gasteiger partial charge in [0.15, 0.2) is 11.0 Å². The van der Waals surface area contributed by atoms with Gasteiger partial charge in [0.05, 0.1) is 29.7 Å². The lowest BCUT2D eigenvalue weighted by Crippen LogP contribution is -2.17. The van der Waals surface area contributed by atoms with Crippen molar-refractivity contribution in [3.63, 3.8) is 0 Å². The summed E-state index contributed by atoms with van der Waals surface area (Å²) >= 11 is 2.62. The van der Waals surface area contributed by atoms with Gasteiger partial charge in [0.25, 0.3) is 0 Å². The molecule has 1 N–H and O–H groups in total. The van der Waals surface area contributed by atoms with Crippen molar-refractivity contribution in [2.24, 2.45) is 13.0 Å². The molecule has 166 valence electrons. The average Bonchev–Trinajstić information content (AvgIpc) is 3.39. The van der Waals surface area contributed by atoms with Crippen LogP contribution in [0.25, 0.3) is 11.4 Å². The van der Waals surface area contributed by atoms with E-state index in [4.69, 9.17) is 9.15 Å². The molecule has 0 saturated carbocycles. The fourth-order valence-electron chi connectivity index (χ4n) is 3.09. The first-order valence-electron chi connectivity index (χ1n) is 9.95. The molecule has 0 unspecified atom stereocenters. The second kappa shape index (κ2) is 10.1. The molecular formula is C21H26N4O4S2. The van der Waals surface area contributed by atoms with Gasteiger partial charge in [-0.2, -0.15) is 0 Å². The van der Waals surface area contributed by atoms with Crippen molar-refractivity contribution in [3.05, 3.63) is 34.6 Å². The van der Waals surface area contributed by atoms with E-state index in [1.54, 1.807) is 13.2 Å². The van der Waals surface area contributed by atoms with Crippen molar-refractivity contribution in [3.8, 4) is 11.4 Å². The lowest BCUT2D eigenvalue weighted by Gasteiger charge is -2.10. The number of esters is 1. The molecule has 8 nitrogen and oxygen atoms in total. The molecule has 0 spiro atoms. The topological polar surface area (TPSA) is 99.2 Å². The number of anilines is 1. The first-order chi connectivity index (χ1) is 14.8. The molecule has 0 aromatic carbocycles. The highest BCUT2D eigenvalue weighted by Crippen LogP contribution is 2.31. The van der Waals surface area contributed by atoms with Crippen LogP contribution >= 0.6 is 23.1 Å². The van der Waals surface area contributed by atoms with Crippen LogP contribution in [0.3, 0.4) is 0 Å². The molecular weight excluding hydrogens is 436 g/mol. The van der Waals surface area contributed by atoms with E-state index in [1.165, 1.54) is 23.1 Å². The molecule has 3 aromatic rings. The zero-order valence-electron chi connectivity index (χ0n) is 18.2. The maximum Gasteiger partial charge on any atom is 0.341 e. The zero-order chi connectivity index (χ0) is 22.5. The van der Waals surface area contributed by atoms with Crippen LogP contribution in [0, 0.1) is 12.8 Å². The molecule has 0 saturated heterocycles. The molecule has 0 aliphatic rings. The zero-order valence-corrected chi connectivity index (χ0v) is 19.9. The Labute approximate surface area is 189 Å². The molecule has 0 bridgehead atoms. The molecule has 10 heteroatoms. The molecule has 0 fully saturated rings. The van der Waals surface area contributed by atoms with Gasteiger partial charge in [-0.15, -0.1) is 21.5 Å². The number of hydrogen-bond acceptors (Lipinski definition) is 8. The first kappa shape index (κ1) is 23.1. The first-order valence-corrected chi connectivity index (χ1v) is 11.8. The monoisotopic (exact) mass is 462 g/mol. The number of carbonyl (C=O) groups is 2. The average molecular weight is 463 g/mol. The standard InChI is InChI=1S/C21H26N4O4S2/c1-6-28-20(27)17-14(9-12(2)3)10-30-19(17)22-16(26)11-31-21-24-23-18(25(21)5)15-7-8-29-13(15)4/h7-8,10,12H,6,9,11H2,1-5H3,(H,22,26). The molecule has 0 aliphatic heterocycles. The van der Waals surface area contributed by atoms with E-state index in [0.717, 1.165) is 23.3 Å². The number of rotatable bonds is 9. The van der Waals surface area contributed by atoms with Gasteiger partial charge >= 0.3 is 5.97 Å². The number of nitrogens with zero attached hydrogens (tertiary/aromatic N) is 3. The van der Waals surface area contributed by atoms with Crippen LogP contribution in [0.4, 0.5) is 5.00 Å². The third kappa shape index (κ3) is 5.37. The van der Waals surface area contributed by atoms with E-state index in [1.807, 2.05) is 30.0 Å². The van der Waals surface area contributed by atoms with E-state index < -0.39 is 5.97 Å². The molecule has 3 aromatic heterocycles. The summed E-state index contributed by atoms with van der Waals surface area (Å²) in [5, 5.41) is 14.3. The molecule has 31 heavy (non-hydrogen) atoms. The quantitative estimate of drug-likeness (QED) is 0.368. The van der Waals surface area contributed by atoms with Crippen LogP contribution in [0.5, 0.6) is 0 Å². The highest BCUT2D eigenvalue weighted by atomic mass is 32.2. The Kier molecular flexibility index (Phi) is 7.55. The van der Waals surface area contributed by atoms with Gasteiger partial charge in [0.1, 0.15) is 10.8 Å². The predicted molar refractivity (Wildman–Crippen MR) is 122 cm³/mol.